The average molecular weight is 341 g/mol. The van der Waals surface area contributed by atoms with Gasteiger partial charge in [-0.15, -0.1) is 0 Å². The van der Waals surface area contributed by atoms with Crippen LogP contribution in [0.4, 0.5) is 10.5 Å². The first-order valence-electron chi connectivity index (χ1n) is 6.37. The number of benzene rings is 1. The third-order valence-electron chi connectivity index (χ3n) is 3.57. The number of rotatable bonds is 2. The Bertz CT molecular complexity index is 541. The fraction of sp³-hybridized carbons (Fsp3) is 0.429. The highest BCUT2D eigenvalue weighted by Gasteiger charge is 2.42. The van der Waals surface area contributed by atoms with E-state index < -0.39 is 11.4 Å². The molecule has 1 atom stereocenters. The summed E-state index contributed by atoms with van der Waals surface area (Å²) in [5, 5.41) is 12.0. The van der Waals surface area contributed by atoms with E-state index >= 15 is 0 Å². The Labute approximate surface area is 126 Å². The lowest BCUT2D eigenvalue weighted by atomic mass is 9.90. The summed E-state index contributed by atoms with van der Waals surface area (Å²) in [6, 6.07) is 5.38. The SMILES string of the molecule is Cc1cc(Br)cc(NC(=O)N2CCC(C)(C(=O)O)C2)c1. The Morgan fingerprint density at radius 2 is 2.10 bits per heavy atom. The summed E-state index contributed by atoms with van der Waals surface area (Å²) >= 11 is 3.38. The molecule has 1 aromatic rings. The van der Waals surface area contributed by atoms with Crippen LogP contribution in [0, 0.1) is 12.3 Å². The Balaban J connectivity index is 2.05. The van der Waals surface area contributed by atoms with Gasteiger partial charge in [-0.1, -0.05) is 15.9 Å². The number of carbonyl (C=O) groups is 2. The first-order chi connectivity index (χ1) is 9.30. The second-order valence-electron chi connectivity index (χ2n) is 5.48. The molecule has 0 aliphatic carbocycles. The van der Waals surface area contributed by atoms with Crippen molar-refractivity contribution in [2.45, 2.75) is 20.3 Å². The van der Waals surface area contributed by atoms with Gasteiger partial charge in [0.2, 0.25) is 0 Å². The molecular weight excluding hydrogens is 324 g/mol. The minimum Gasteiger partial charge on any atom is -0.481 e. The topological polar surface area (TPSA) is 69.6 Å². The summed E-state index contributed by atoms with van der Waals surface area (Å²) in [6.45, 7) is 4.31. The van der Waals surface area contributed by atoms with Gasteiger partial charge in [0.1, 0.15) is 0 Å². The second-order valence-corrected chi connectivity index (χ2v) is 6.40. The Hall–Kier alpha value is -1.56. The molecule has 1 unspecified atom stereocenters. The van der Waals surface area contributed by atoms with Crippen LogP contribution >= 0.6 is 15.9 Å². The van der Waals surface area contributed by atoms with E-state index in [2.05, 4.69) is 21.2 Å². The van der Waals surface area contributed by atoms with E-state index in [1.165, 1.54) is 0 Å². The van der Waals surface area contributed by atoms with Gasteiger partial charge in [0.05, 0.1) is 5.41 Å². The molecule has 1 aromatic carbocycles. The van der Waals surface area contributed by atoms with Gasteiger partial charge in [-0.05, 0) is 44.0 Å². The quantitative estimate of drug-likeness (QED) is 0.869. The van der Waals surface area contributed by atoms with E-state index in [9.17, 15) is 14.7 Å². The van der Waals surface area contributed by atoms with Crippen molar-refractivity contribution in [1.29, 1.82) is 0 Å². The first kappa shape index (κ1) is 14.8. The average Bonchev–Trinajstić information content (AvgIpc) is 2.72. The molecule has 0 aromatic heterocycles. The number of carboxylic acids is 1. The van der Waals surface area contributed by atoms with Gasteiger partial charge >= 0.3 is 12.0 Å². The zero-order chi connectivity index (χ0) is 14.9. The molecule has 1 fully saturated rings. The highest BCUT2D eigenvalue weighted by atomic mass is 79.9. The number of amides is 2. The monoisotopic (exact) mass is 340 g/mol. The summed E-state index contributed by atoms with van der Waals surface area (Å²) in [7, 11) is 0. The van der Waals surface area contributed by atoms with Crippen molar-refractivity contribution < 1.29 is 14.7 Å². The number of likely N-dealkylation sites (tertiary alicyclic amines) is 1. The Morgan fingerprint density at radius 1 is 1.40 bits per heavy atom. The van der Waals surface area contributed by atoms with Crippen molar-refractivity contribution >= 4 is 33.6 Å². The second kappa shape index (κ2) is 5.44. The van der Waals surface area contributed by atoms with Gasteiger partial charge in [0.25, 0.3) is 0 Å². The predicted molar refractivity (Wildman–Crippen MR) is 79.8 cm³/mol. The van der Waals surface area contributed by atoms with Gasteiger partial charge in [0, 0.05) is 23.2 Å². The van der Waals surface area contributed by atoms with Crippen LogP contribution in [0.15, 0.2) is 22.7 Å². The summed E-state index contributed by atoms with van der Waals surface area (Å²) in [5.74, 6) is -0.855. The van der Waals surface area contributed by atoms with Crippen molar-refractivity contribution in [2.75, 3.05) is 18.4 Å². The van der Waals surface area contributed by atoms with Gasteiger partial charge in [0.15, 0.2) is 0 Å². The highest BCUT2D eigenvalue weighted by Crippen LogP contribution is 2.30. The largest absolute Gasteiger partial charge is 0.481 e. The predicted octanol–water partition coefficient (Wildman–Crippen LogP) is 3.09. The normalized spacial score (nSPS) is 21.9. The van der Waals surface area contributed by atoms with Gasteiger partial charge in [-0.25, -0.2) is 4.79 Å². The van der Waals surface area contributed by atoms with E-state index in [1.54, 1.807) is 11.8 Å². The van der Waals surface area contributed by atoms with E-state index in [0.717, 1.165) is 10.0 Å². The third kappa shape index (κ3) is 3.12. The number of aliphatic carboxylic acids is 1. The Kier molecular flexibility index (Phi) is 4.04. The summed E-state index contributed by atoms with van der Waals surface area (Å²) in [5.41, 5.74) is 0.891. The fourth-order valence-electron chi connectivity index (χ4n) is 2.32. The van der Waals surface area contributed by atoms with Crippen LogP contribution in [0.5, 0.6) is 0 Å². The van der Waals surface area contributed by atoms with Crippen molar-refractivity contribution in [3.8, 4) is 0 Å². The van der Waals surface area contributed by atoms with Crippen LogP contribution in [-0.2, 0) is 4.79 Å². The maximum absolute atomic E-state index is 12.2. The van der Waals surface area contributed by atoms with Crippen molar-refractivity contribution in [3.63, 3.8) is 0 Å². The number of urea groups is 1. The number of anilines is 1. The molecule has 0 spiro atoms. The summed E-state index contributed by atoms with van der Waals surface area (Å²) in [4.78, 5) is 24.9. The van der Waals surface area contributed by atoms with Gasteiger partial charge in [-0.2, -0.15) is 0 Å². The lowest BCUT2D eigenvalue weighted by Gasteiger charge is -2.20. The van der Waals surface area contributed by atoms with E-state index in [0.29, 0.717) is 18.7 Å². The molecule has 1 aliphatic rings. The number of hydrogen-bond donors (Lipinski definition) is 2. The zero-order valence-corrected chi connectivity index (χ0v) is 13.0. The summed E-state index contributed by atoms with van der Waals surface area (Å²) < 4.78 is 0.893. The maximum atomic E-state index is 12.2. The molecule has 2 rings (SSSR count). The molecule has 5 nitrogen and oxygen atoms in total. The molecule has 2 amide bonds. The number of carbonyl (C=O) groups excluding carboxylic acids is 1. The van der Waals surface area contributed by atoms with Crippen LogP contribution in [-0.4, -0.2) is 35.1 Å². The number of hydrogen-bond acceptors (Lipinski definition) is 2. The number of nitrogens with zero attached hydrogens (tertiary/aromatic N) is 1. The molecule has 6 heteroatoms. The standard InChI is InChI=1S/C14H17BrN2O3/c1-9-5-10(15)7-11(6-9)16-13(20)17-4-3-14(2,8-17)12(18)19/h5-7H,3-4,8H2,1-2H3,(H,16,20)(H,18,19). The number of nitrogens with one attached hydrogen (secondary N) is 1. The summed E-state index contributed by atoms with van der Waals surface area (Å²) in [6.07, 6.45) is 0.479. The molecular formula is C14H17BrN2O3. The van der Waals surface area contributed by atoms with Crippen LogP contribution in [0.25, 0.3) is 0 Å². The zero-order valence-electron chi connectivity index (χ0n) is 11.4. The minimum absolute atomic E-state index is 0.237. The lowest BCUT2D eigenvalue weighted by Crippen LogP contribution is -2.37. The minimum atomic E-state index is -0.855. The molecule has 1 aliphatic heterocycles. The lowest BCUT2D eigenvalue weighted by molar-refractivity contribution is -0.146. The molecule has 2 N–H and O–H groups in total. The molecule has 0 bridgehead atoms. The van der Waals surface area contributed by atoms with Crippen LogP contribution in [0.3, 0.4) is 0 Å². The number of carboxylic acid groups (broad SMARTS) is 1. The van der Waals surface area contributed by atoms with Gasteiger partial charge < -0.3 is 15.3 Å². The van der Waals surface area contributed by atoms with E-state index in [1.807, 2.05) is 25.1 Å². The highest BCUT2D eigenvalue weighted by molar-refractivity contribution is 9.10. The molecule has 0 radical (unpaired) electrons. The van der Waals surface area contributed by atoms with E-state index in [-0.39, 0.29) is 12.6 Å². The van der Waals surface area contributed by atoms with Crippen LogP contribution in [0.2, 0.25) is 0 Å². The fourth-order valence-corrected chi connectivity index (χ4v) is 2.93. The molecule has 0 saturated carbocycles. The number of aryl methyl sites for hydroxylation is 1. The van der Waals surface area contributed by atoms with Crippen molar-refractivity contribution in [2.24, 2.45) is 5.41 Å². The molecule has 20 heavy (non-hydrogen) atoms. The maximum Gasteiger partial charge on any atom is 0.321 e. The van der Waals surface area contributed by atoms with E-state index in [4.69, 9.17) is 0 Å². The first-order valence-corrected chi connectivity index (χ1v) is 7.16. The van der Waals surface area contributed by atoms with Crippen molar-refractivity contribution in [3.05, 3.63) is 28.2 Å². The van der Waals surface area contributed by atoms with Crippen molar-refractivity contribution in [1.82, 2.24) is 4.90 Å². The smallest absolute Gasteiger partial charge is 0.321 e. The van der Waals surface area contributed by atoms with Crippen LogP contribution < -0.4 is 5.32 Å². The Morgan fingerprint density at radius 3 is 2.65 bits per heavy atom. The third-order valence-corrected chi connectivity index (χ3v) is 4.03. The number of halogens is 1. The molecule has 1 saturated heterocycles. The molecule has 108 valence electrons. The van der Waals surface area contributed by atoms with Gasteiger partial charge in [-0.3, -0.25) is 4.79 Å². The van der Waals surface area contributed by atoms with Crippen LogP contribution in [0.1, 0.15) is 18.9 Å². The molecule has 1 heterocycles.